The summed E-state index contributed by atoms with van der Waals surface area (Å²) in [6, 6.07) is 16.4. The van der Waals surface area contributed by atoms with Crippen LogP contribution in [0.1, 0.15) is 44.9 Å². The van der Waals surface area contributed by atoms with E-state index in [1.165, 1.54) is 44.2 Å². The Morgan fingerprint density at radius 3 is 2.19 bits per heavy atom. The van der Waals surface area contributed by atoms with E-state index in [0.29, 0.717) is 5.69 Å². The van der Waals surface area contributed by atoms with Crippen molar-refractivity contribution < 1.29 is 4.92 Å². The fraction of sp³-hybridized carbons (Fsp3) is 0.333. The molecule has 3 aromatic rings. The predicted molar refractivity (Wildman–Crippen MR) is 124 cm³/mol. The predicted octanol–water partition coefficient (Wildman–Crippen LogP) is 7.44. The second-order valence-electron chi connectivity index (χ2n) is 8.43. The molecule has 7 nitrogen and oxygen atoms in total. The summed E-state index contributed by atoms with van der Waals surface area (Å²) >= 11 is 0. The van der Waals surface area contributed by atoms with Crippen LogP contribution in [0.4, 0.5) is 28.4 Å². The minimum Gasteiger partial charge on any atom is -0.362 e. The van der Waals surface area contributed by atoms with Gasteiger partial charge in [0.05, 0.1) is 16.3 Å². The van der Waals surface area contributed by atoms with Gasteiger partial charge in [-0.1, -0.05) is 31.4 Å². The third-order valence-electron chi connectivity index (χ3n) is 6.31. The second-order valence-corrected chi connectivity index (χ2v) is 8.43. The fourth-order valence-electron chi connectivity index (χ4n) is 4.75. The Labute approximate surface area is 180 Å². The topological polar surface area (TPSA) is 91.9 Å². The normalized spacial score (nSPS) is 17.7. The summed E-state index contributed by atoms with van der Waals surface area (Å²) < 4.78 is 0. The van der Waals surface area contributed by atoms with Crippen LogP contribution < -0.4 is 10.6 Å². The van der Waals surface area contributed by atoms with Crippen LogP contribution in [0, 0.1) is 10.1 Å². The first-order chi connectivity index (χ1) is 15.1. The van der Waals surface area contributed by atoms with E-state index in [2.05, 4.69) is 45.1 Å². The Bertz CT molecular complexity index is 1130. The van der Waals surface area contributed by atoms with Crippen molar-refractivity contribution in [1.29, 1.82) is 0 Å². The van der Waals surface area contributed by atoms with Gasteiger partial charge in [-0.25, -0.2) is 0 Å². The van der Waals surface area contributed by atoms with Crippen LogP contribution in [0.25, 0.3) is 10.8 Å². The van der Waals surface area contributed by atoms with Crippen molar-refractivity contribution in [2.75, 3.05) is 10.6 Å². The average Bonchev–Trinajstić information content (AvgIpc) is 2.76. The fourth-order valence-corrected chi connectivity index (χ4v) is 4.75. The summed E-state index contributed by atoms with van der Waals surface area (Å²) in [6.07, 6.45) is 8.62. The molecule has 0 atom stereocenters. The molecule has 3 aromatic carbocycles. The van der Waals surface area contributed by atoms with E-state index >= 15 is 0 Å². The molecule has 0 bridgehead atoms. The third kappa shape index (κ3) is 3.83. The molecule has 1 heterocycles. The summed E-state index contributed by atoms with van der Waals surface area (Å²) in [5.41, 5.74) is 3.59. The molecule has 1 saturated carbocycles. The van der Waals surface area contributed by atoms with Crippen LogP contribution in [0.2, 0.25) is 0 Å². The van der Waals surface area contributed by atoms with Crippen LogP contribution in [0.15, 0.2) is 64.8 Å². The van der Waals surface area contributed by atoms with E-state index in [9.17, 15) is 10.1 Å². The lowest BCUT2D eigenvalue weighted by atomic mass is 9.88. The molecule has 7 heteroatoms. The average molecular weight is 415 g/mol. The van der Waals surface area contributed by atoms with Gasteiger partial charge in [-0.05, 0) is 56.0 Å². The number of non-ortho nitro benzene ring substituents is 1. The molecule has 31 heavy (non-hydrogen) atoms. The van der Waals surface area contributed by atoms with Crippen molar-refractivity contribution in [1.82, 2.24) is 0 Å². The van der Waals surface area contributed by atoms with Gasteiger partial charge in [0.1, 0.15) is 5.66 Å². The number of nitro benzene ring substituents is 1. The maximum absolute atomic E-state index is 10.8. The molecule has 0 amide bonds. The number of anilines is 2. The first-order valence-electron chi connectivity index (χ1n) is 10.9. The molecule has 1 aliphatic carbocycles. The van der Waals surface area contributed by atoms with Gasteiger partial charge in [0.2, 0.25) is 0 Å². The van der Waals surface area contributed by atoms with E-state index < -0.39 is 4.92 Å². The van der Waals surface area contributed by atoms with Crippen molar-refractivity contribution in [3.05, 3.63) is 64.7 Å². The van der Waals surface area contributed by atoms with E-state index in [-0.39, 0.29) is 11.4 Å². The summed E-state index contributed by atoms with van der Waals surface area (Å²) in [4.78, 5) is 10.4. The van der Waals surface area contributed by atoms with Crippen LogP contribution in [-0.2, 0) is 0 Å². The molecule has 2 aliphatic rings. The Hall–Kier alpha value is -3.48. The van der Waals surface area contributed by atoms with Gasteiger partial charge in [0.15, 0.2) is 0 Å². The van der Waals surface area contributed by atoms with Gasteiger partial charge in [-0.3, -0.25) is 10.1 Å². The zero-order chi connectivity index (χ0) is 21.3. The highest BCUT2D eigenvalue weighted by Gasteiger charge is 2.34. The van der Waals surface area contributed by atoms with Gasteiger partial charge < -0.3 is 10.6 Å². The van der Waals surface area contributed by atoms with E-state index in [1.807, 2.05) is 6.07 Å². The minimum absolute atomic E-state index is 0.0424. The largest absolute Gasteiger partial charge is 0.362 e. The number of rotatable bonds is 3. The molecule has 1 fully saturated rings. The van der Waals surface area contributed by atoms with Crippen LogP contribution in [0.5, 0.6) is 0 Å². The van der Waals surface area contributed by atoms with Crippen molar-refractivity contribution in [2.24, 2.45) is 10.2 Å². The summed E-state index contributed by atoms with van der Waals surface area (Å²) in [7, 11) is 0. The van der Waals surface area contributed by atoms with E-state index in [0.717, 1.165) is 40.7 Å². The molecule has 0 saturated heterocycles. The zero-order valence-corrected chi connectivity index (χ0v) is 17.3. The lowest BCUT2D eigenvalue weighted by Gasteiger charge is -2.43. The number of nitro groups is 1. The van der Waals surface area contributed by atoms with E-state index in [1.54, 1.807) is 12.1 Å². The highest BCUT2D eigenvalue weighted by molar-refractivity contribution is 6.09. The van der Waals surface area contributed by atoms with Gasteiger partial charge in [0.25, 0.3) is 5.69 Å². The van der Waals surface area contributed by atoms with Crippen LogP contribution >= 0.6 is 0 Å². The van der Waals surface area contributed by atoms with Crippen molar-refractivity contribution in [2.45, 2.75) is 50.6 Å². The lowest BCUT2D eigenvalue weighted by molar-refractivity contribution is -0.384. The molecule has 0 radical (unpaired) electrons. The molecule has 1 spiro atoms. The Morgan fingerprint density at radius 1 is 0.806 bits per heavy atom. The number of benzene rings is 3. The number of hydrogen-bond donors (Lipinski definition) is 2. The number of azo groups is 1. The summed E-state index contributed by atoms with van der Waals surface area (Å²) in [5, 5.41) is 29.4. The molecule has 2 N–H and O–H groups in total. The Kier molecular flexibility index (Phi) is 5.02. The molecule has 5 rings (SSSR count). The highest BCUT2D eigenvalue weighted by atomic mass is 16.6. The SMILES string of the molecule is O=[N+]([O-])c1ccc(N=Nc2ccc3c4c(cccc24)NC2(CCCCCCC2)N3)cc1. The molecule has 1 aliphatic heterocycles. The first kappa shape index (κ1) is 19.5. The molecular weight excluding hydrogens is 390 g/mol. The maximum Gasteiger partial charge on any atom is 0.269 e. The number of nitrogens with one attached hydrogen (secondary N) is 2. The Balaban J connectivity index is 1.47. The highest BCUT2D eigenvalue weighted by Crippen LogP contribution is 2.44. The van der Waals surface area contributed by atoms with E-state index in [4.69, 9.17) is 0 Å². The van der Waals surface area contributed by atoms with Gasteiger partial charge in [0, 0.05) is 34.3 Å². The third-order valence-corrected chi connectivity index (χ3v) is 6.31. The number of nitrogens with zero attached hydrogens (tertiary/aromatic N) is 3. The smallest absolute Gasteiger partial charge is 0.269 e. The van der Waals surface area contributed by atoms with Gasteiger partial charge in [-0.2, -0.15) is 5.11 Å². The molecule has 0 unspecified atom stereocenters. The summed E-state index contributed by atoms with van der Waals surface area (Å²) in [5.74, 6) is 0. The molecule has 158 valence electrons. The zero-order valence-electron chi connectivity index (χ0n) is 17.3. The standard InChI is InChI=1S/C24H25N5O2/c30-29(31)18-11-9-17(10-12-18)27-28-20-13-14-22-23-19(20)7-6-8-21(23)25-24(26-22)15-4-2-1-3-5-16-24/h6-14,25-26H,1-5,15-16H2. The van der Waals surface area contributed by atoms with Gasteiger partial charge >= 0.3 is 0 Å². The second kappa shape index (κ2) is 7.98. The quantitative estimate of drug-likeness (QED) is 0.264. The number of hydrogen-bond acceptors (Lipinski definition) is 6. The first-order valence-corrected chi connectivity index (χ1v) is 10.9. The molecule has 0 aromatic heterocycles. The lowest BCUT2D eigenvalue weighted by Crippen LogP contribution is -2.48. The van der Waals surface area contributed by atoms with Crippen LogP contribution in [-0.4, -0.2) is 10.6 Å². The van der Waals surface area contributed by atoms with Gasteiger partial charge in [-0.15, -0.1) is 5.11 Å². The minimum atomic E-state index is -0.421. The molecular formula is C24H25N5O2. The maximum atomic E-state index is 10.8. The Morgan fingerprint density at radius 2 is 1.48 bits per heavy atom. The van der Waals surface area contributed by atoms with Crippen molar-refractivity contribution in [3.63, 3.8) is 0 Å². The van der Waals surface area contributed by atoms with Crippen molar-refractivity contribution in [3.8, 4) is 0 Å². The van der Waals surface area contributed by atoms with Crippen LogP contribution in [0.3, 0.4) is 0 Å². The monoisotopic (exact) mass is 415 g/mol. The van der Waals surface area contributed by atoms with Crippen molar-refractivity contribution >= 4 is 39.2 Å². The summed E-state index contributed by atoms with van der Waals surface area (Å²) in [6.45, 7) is 0.